The number of ether oxygens (including phenoxy) is 2. The van der Waals surface area contributed by atoms with E-state index in [4.69, 9.17) is 4.74 Å². The normalized spacial score (nSPS) is 14.5. The molecule has 4 rings (SSSR count). The molecule has 0 N–H and O–H groups in total. The topological polar surface area (TPSA) is 37.8 Å². The second kappa shape index (κ2) is 8.75. The highest BCUT2D eigenvalue weighted by molar-refractivity contribution is 5.75. The summed E-state index contributed by atoms with van der Waals surface area (Å²) in [5.74, 6) is 0.580. The van der Waals surface area contributed by atoms with Gasteiger partial charge in [-0.15, -0.1) is 13.2 Å². The lowest BCUT2D eigenvalue weighted by atomic mass is 10.1. The Hall–Kier alpha value is -3.42. The van der Waals surface area contributed by atoms with Crippen LogP contribution in [-0.2, 0) is 0 Å². The zero-order valence-electron chi connectivity index (χ0n) is 17.0. The van der Waals surface area contributed by atoms with E-state index in [1.807, 2.05) is 24.3 Å². The number of nitrogens with zero attached hydrogens (tertiary/aromatic N) is 3. The molecule has 0 spiro atoms. The predicted molar refractivity (Wildman–Crippen MR) is 114 cm³/mol. The molecule has 0 saturated carbocycles. The molecule has 0 amide bonds. The van der Waals surface area contributed by atoms with Crippen molar-refractivity contribution in [2.75, 3.05) is 43.1 Å². The van der Waals surface area contributed by atoms with Gasteiger partial charge in [-0.05, 0) is 60.7 Å². The van der Waals surface area contributed by atoms with Crippen molar-refractivity contribution in [2.24, 2.45) is 0 Å². The Morgan fingerprint density at radius 1 is 0.806 bits per heavy atom. The number of anilines is 2. The van der Waals surface area contributed by atoms with E-state index < -0.39 is 6.36 Å². The monoisotopic (exact) mass is 429 g/mol. The van der Waals surface area contributed by atoms with Crippen LogP contribution in [0.4, 0.5) is 24.5 Å². The maximum Gasteiger partial charge on any atom is 0.573 e. The van der Waals surface area contributed by atoms with Crippen LogP contribution in [0.15, 0.2) is 66.9 Å². The maximum atomic E-state index is 12.4. The van der Waals surface area contributed by atoms with Crippen molar-refractivity contribution in [3.05, 3.63) is 66.9 Å². The van der Waals surface area contributed by atoms with E-state index in [1.165, 1.54) is 12.1 Å². The highest BCUT2D eigenvalue weighted by Gasteiger charge is 2.31. The molecular weight excluding hydrogens is 407 g/mol. The van der Waals surface area contributed by atoms with Crippen molar-refractivity contribution in [3.8, 4) is 22.8 Å². The third kappa shape index (κ3) is 5.02. The van der Waals surface area contributed by atoms with Crippen LogP contribution in [0.3, 0.4) is 0 Å². The van der Waals surface area contributed by atoms with Crippen molar-refractivity contribution in [1.82, 2.24) is 4.98 Å². The fourth-order valence-corrected chi connectivity index (χ4v) is 3.69. The summed E-state index contributed by atoms with van der Waals surface area (Å²) in [5.41, 5.74) is 3.58. The molecular formula is C23H22F3N3O2. The van der Waals surface area contributed by atoms with Crippen molar-refractivity contribution < 1.29 is 22.6 Å². The molecule has 1 aliphatic rings. The van der Waals surface area contributed by atoms with E-state index in [-0.39, 0.29) is 5.75 Å². The molecule has 0 radical (unpaired) electrons. The van der Waals surface area contributed by atoms with Crippen molar-refractivity contribution >= 4 is 11.4 Å². The largest absolute Gasteiger partial charge is 0.573 e. The summed E-state index contributed by atoms with van der Waals surface area (Å²) >= 11 is 0. The Bertz CT molecular complexity index is 1000. The second-order valence-electron chi connectivity index (χ2n) is 7.12. The average Bonchev–Trinajstić information content (AvgIpc) is 2.79. The Morgan fingerprint density at radius 2 is 1.42 bits per heavy atom. The lowest BCUT2D eigenvalue weighted by molar-refractivity contribution is -0.274. The summed E-state index contributed by atoms with van der Waals surface area (Å²) in [5, 5.41) is 0. The molecule has 3 aromatic rings. The lowest BCUT2D eigenvalue weighted by Gasteiger charge is -2.38. The van der Waals surface area contributed by atoms with Crippen LogP contribution in [0.1, 0.15) is 0 Å². The van der Waals surface area contributed by atoms with E-state index in [0.717, 1.165) is 54.6 Å². The van der Waals surface area contributed by atoms with Crippen LogP contribution in [0.2, 0.25) is 0 Å². The third-order valence-corrected chi connectivity index (χ3v) is 5.21. The molecule has 0 unspecified atom stereocenters. The van der Waals surface area contributed by atoms with Gasteiger partial charge in [0.15, 0.2) is 0 Å². The highest BCUT2D eigenvalue weighted by atomic mass is 19.4. The van der Waals surface area contributed by atoms with Crippen LogP contribution < -0.4 is 19.3 Å². The molecule has 8 heteroatoms. The van der Waals surface area contributed by atoms with Gasteiger partial charge in [0.1, 0.15) is 11.5 Å². The smallest absolute Gasteiger partial charge is 0.497 e. The van der Waals surface area contributed by atoms with Gasteiger partial charge in [-0.3, -0.25) is 4.98 Å². The molecule has 2 heterocycles. The van der Waals surface area contributed by atoms with Crippen LogP contribution >= 0.6 is 0 Å². The highest BCUT2D eigenvalue weighted by Crippen LogP contribution is 2.32. The number of piperazine rings is 1. The molecule has 1 aromatic heterocycles. The van der Waals surface area contributed by atoms with Gasteiger partial charge < -0.3 is 19.3 Å². The summed E-state index contributed by atoms with van der Waals surface area (Å²) in [6.07, 6.45) is -3.02. The number of benzene rings is 2. The van der Waals surface area contributed by atoms with E-state index in [0.29, 0.717) is 0 Å². The SMILES string of the molecule is COc1ccc(N2CCN(c3cccnc3-c3ccc(OC(F)(F)F)cc3)CC2)cc1. The van der Waals surface area contributed by atoms with Crippen molar-refractivity contribution in [1.29, 1.82) is 0 Å². The number of methoxy groups -OCH3 is 1. The molecule has 1 saturated heterocycles. The number of aromatic nitrogens is 1. The fraction of sp³-hybridized carbons (Fsp3) is 0.261. The molecule has 2 aromatic carbocycles. The van der Waals surface area contributed by atoms with Gasteiger partial charge in [-0.25, -0.2) is 0 Å². The summed E-state index contributed by atoms with van der Waals surface area (Å²) in [7, 11) is 1.65. The minimum absolute atomic E-state index is 0.248. The average molecular weight is 429 g/mol. The first-order valence-electron chi connectivity index (χ1n) is 9.88. The Labute approximate surface area is 178 Å². The zero-order valence-corrected chi connectivity index (χ0v) is 17.0. The number of pyridine rings is 1. The van der Waals surface area contributed by atoms with Gasteiger partial charge in [0.05, 0.1) is 18.5 Å². The maximum absolute atomic E-state index is 12.4. The summed E-state index contributed by atoms with van der Waals surface area (Å²) < 4.78 is 46.4. The van der Waals surface area contributed by atoms with E-state index in [2.05, 4.69) is 31.7 Å². The van der Waals surface area contributed by atoms with E-state index in [1.54, 1.807) is 25.4 Å². The predicted octanol–water partition coefficient (Wildman–Crippen LogP) is 4.98. The number of halogens is 3. The van der Waals surface area contributed by atoms with Gasteiger partial charge >= 0.3 is 6.36 Å². The zero-order chi connectivity index (χ0) is 21.8. The third-order valence-electron chi connectivity index (χ3n) is 5.21. The first kappa shape index (κ1) is 20.8. The quantitative estimate of drug-likeness (QED) is 0.572. The van der Waals surface area contributed by atoms with E-state index >= 15 is 0 Å². The minimum Gasteiger partial charge on any atom is -0.497 e. The van der Waals surface area contributed by atoms with Crippen LogP contribution in [0.25, 0.3) is 11.3 Å². The minimum atomic E-state index is -4.71. The van der Waals surface area contributed by atoms with Crippen LogP contribution in [0, 0.1) is 0 Å². The molecule has 31 heavy (non-hydrogen) atoms. The standard InChI is InChI=1S/C23H22F3N3O2/c1-30-19-10-6-18(7-11-19)28-13-15-29(16-14-28)21-3-2-12-27-22(21)17-4-8-20(9-5-17)31-23(24,25)26/h2-12H,13-16H2,1H3. The Kier molecular flexibility index (Phi) is 5.88. The molecule has 1 aliphatic heterocycles. The number of rotatable bonds is 5. The van der Waals surface area contributed by atoms with Crippen LogP contribution in [-0.4, -0.2) is 44.6 Å². The molecule has 1 fully saturated rings. The Morgan fingerprint density at radius 3 is 2.03 bits per heavy atom. The molecule has 162 valence electrons. The van der Waals surface area contributed by atoms with Crippen molar-refractivity contribution in [2.45, 2.75) is 6.36 Å². The lowest BCUT2D eigenvalue weighted by Crippen LogP contribution is -2.46. The second-order valence-corrected chi connectivity index (χ2v) is 7.12. The molecule has 0 atom stereocenters. The first-order valence-corrected chi connectivity index (χ1v) is 9.88. The number of hydrogen-bond acceptors (Lipinski definition) is 5. The van der Waals surface area contributed by atoms with Crippen molar-refractivity contribution in [3.63, 3.8) is 0 Å². The summed E-state index contributed by atoms with van der Waals surface area (Å²) in [4.78, 5) is 9.06. The van der Waals surface area contributed by atoms with Gasteiger partial charge in [0.25, 0.3) is 0 Å². The van der Waals surface area contributed by atoms with Gasteiger partial charge in [0, 0.05) is 43.6 Å². The van der Waals surface area contributed by atoms with Gasteiger partial charge in [-0.1, -0.05) is 0 Å². The fourth-order valence-electron chi connectivity index (χ4n) is 3.69. The van der Waals surface area contributed by atoms with Crippen LogP contribution in [0.5, 0.6) is 11.5 Å². The molecule has 0 bridgehead atoms. The summed E-state index contributed by atoms with van der Waals surface area (Å²) in [6.45, 7) is 3.30. The Balaban J connectivity index is 1.48. The summed E-state index contributed by atoms with van der Waals surface area (Å²) in [6, 6.07) is 17.7. The number of hydrogen-bond donors (Lipinski definition) is 0. The van der Waals surface area contributed by atoms with Gasteiger partial charge in [-0.2, -0.15) is 0 Å². The first-order chi connectivity index (χ1) is 14.9. The molecule has 5 nitrogen and oxygen atoms in total. The van der Waals surface area contributed by atoms with Gasteiger partial charge in [0.2, 0.25) is 0 Å². The number of alkyl halides is 3. The van der Waals surface area contributed by atoms with E-state index in [9.17, 15) is 13.2 Å². The molecule has 0 aliphatic carbocycles.